The number of anilines is 2. The van der Waals surface area contributed by atoms with E-state index in [-0.39, 0.29) is 5.91 Å². The molecule has 0 radical (unpaired) electrons. The van der Waals surface area contributed by atoms with Gasteiger partial charge in [-0.1, -0.05) is 43.0 Å². The summed E-state index contributed by atoms with van der Waals surface area (Å²) in [6.07, 6.45) is 1.02. The third kappa shape index (κ3) is 4.89. The lowest BCUT2D eigenvalue weighted by Crippen LogP contribution is -2.31. The summed E-state index contributed by atoms with van der Waals surface area (Å²) in [6.45, 7) is 6.50. The predicted molar refractivity (Wildman–Crippen MR) is 135 cm³/mol. The molecule has 1 unspecified atom stereocenters. The Kier molecular flexibility index (Phi) is 7.42. The van der Waals surface area contributed by atoms with Crippen molar-refractivity contribution in [2.45, 2.75) is 38.4 Å². The smallest absolute Gasteiger partial charge is 0.255 e. The molecule has 8 nitrogen and oxygen atoms in total. The van der Waals surface area contributed by atoms with Crippen molar-refractivity contribution in [3.8, 4) is 11.5 Å². The monoisotopic (exact) mass is 479 g/mol. The zero-order chi connectivity index (χ0) is 24.1. The van der Waals surface area contributed by atoms with E-state index >= 15 is 0 Å². The van der Waals surface area contributed by atoms with E-state index < -0.39 is 6.04 Å². The van der Waals surface area contributed by atoms with E-state index in [2.05, 4.69) is 22.5 Å². The number of nitrogens with one attached hydrogen (secondary N) is 2. The minimum Gasteiger partial charge on any atom is -0.495 e. The number of aromatic nitrogens is 3. The van der Waals surface area contributed by atoms with Crippen LogP contribution in [0.5, 0.6) is 11.5 Å². The third-order valence-corrected chi connectivity index (χ3v) is 6.40. The fourth-order valence-corrected chi connectivity index (χ4v) is 4.55. The molecule has 4 rings (SSSR count). The lowest BCUT2D eigenvalue weighted by atomic mass is 9.94. The summed E-state index contributed by atoms with van der Waals surface area (Å²) in [5.41, 5.74) is 2.74. The molecule has 2 heterocycles. The first-order valence-electron chi connectivity index (χ1n) is 11.3. The first kappa shape index (κ1) is 23.7. The van der Waals surface area contributed by atoms with Crippen LogP contribution in [0.15, 0.2) is 65.0 Å². The second-order valence-electron chi connectivity index (χ2n) is 7.74. The van der Waals surface area contributed by atoms with Gasteiger partial charge < -0.3 is 20.1 Å². The van der Waals surface area contributed by atoms with Crippen molar-refractivity contribution < 1.29 is 14.3 Å². The Bertz CT molecular complexity index is 1210. The lowest BCUT2D eigenvalue weighted by Gasteiger charge is -2.29. The van der Waals surface area contributed by atoms with Gasteiger partial charge in [0.2, 0.25) is 11.1 Å². The maximum Gasteiger partial charge on any atom is 0.255 e. The highest BCUT2D eigenvalue weighted by Crippen LogP contribution is 2.38. The minimum atomic E-state index is -0.477. The van der Waals surface area contributed by atoms with Gasteiger partial charge in [0, 0.05) is 11.4 Å². The van der Waals surface area contributed by atoms with Crippen LogP contribution in [0, 0.1) is 0 Å². The van der Waals surface area contributed by atoms with Crippen LogP contribution < -0.4 is 20.1 Å². The second kappa shape index (κ2) is 10.6. The summed E-state index contributed by atoms with van der Waals surface area (Å²) in [5.74, 6) is 2.61. The largest absolute Gasteiger partial charge is 0.495 e. The highest BCUT2D eigenvalue weighted by Gasteiger charge is 2.35. The maximum atomic E-state index is 13.7. The summed E-state index contributed by atoms with van der Waals surface area (Å²) < 4.78 is 12.9. The van der Waals surface area contributed by atoms with Crippen LogP contribution in [0.4, 0.5) is 11.6 Å². The van der Waals surface area contributed by atoms with Gasteiger partial charge in [0.05, 0.1) is 25.0 Å². The number of ether oxygens (including phenoxy) is 2. The molecule has 0 saturated carbocycles. The summed E-state index contributed by atoms with van der Waals surface area (Å²) in [5, 5.41) is 11.7. The van der Waals surface area contributed by atoms with Crippen LogP contribution in [0.3, 0.4) is 0 Å². The van der Waals surface area contributed by atoms with Gasteiger partial charge in [0.1, 0.15) is 17.5 Å². The predicted octanol–water partition coefficient (Wildman–Crippen LogP) is 5.12. The van der Waals surface area contributed by atoms with Crippen LogP contribution in [0.1, 0.15) is 38.8 Å². The van der Waals surface area contributed by atoms with Gasteiger partial charge in [0.25, 0.3) is 5.91 Å². The molecule has 1 amide bonds. The number of carbonyl (C=O) groups is 1. The van der Waals surface area contributed by atoms with Crippen molar-refractivity contribution in [3.63, 3.8) is 0 Å². The highest BCUT2D eigenvalue weighted by atomic mass is 32.2. The molecule has 1 aliphatic heterocycles. The van der Waals surface area contributed by atoms with Crippen molar-refractivity contribution in [2.24, 2.45) is 0 Å². The van der Waals surface area contributed by atoms with Gasteiger partial charge >= 0.3 is 0 Å². The van der Waals surface area contributed by atoms with Crippen LogP contribution in [0.25, 0.3) is 0 Å². The molecule has 2 N–H and O–H groups in total. The molecule has 0 bridgehead atoms. The van der Waals surface area contributed by atoms with E-state index in [1.165, 1.54) is 0 Å². The molecule has 1 atom stereocenters. The Hall–Kier alpha value is -3.46. The molecule has 1 aromatic heterocycles. The lowest BCUT2D eigenvalue weighted by molar-refractivity contribution is -0.113. The van der Waals surface area contributed by atoms with E-state index in [1.807, 2.05) is 62.4 Å². The van der Waals surface area contributed by atoms with Crippen LogP contribution in [-0.2, 0) is 4.79 Å². The summed E-state index contributed by atoms with van der Waals surface area (Å²) in [7, 11) is 1.58. The zero-order valence-corrected chi connectivity index (χ0v) is 20.6. The number of thioether (sulfide) groups is 1. The van der Waals surface area contributed by atoms with Gasteiger partial charge in [-0.25, -0.2) is 4.68 Å². The van der Waals surface area contributed by atoms with E-state index in [1.54, 1.807) is 23.6 Å². The third-order valence-electron chi connectivity index (χ3n) is 5.35. The molecule has 0 spiro atoms. The standard InChI is InChI=1S/C25H29N5O3S/c1-5-14-34-25-28-24-26-16(3)21(23(31)27-19-12-7-8-13-20(19)32-4)22(30(24)29-25)17-10-9-11-18(15-17)33-6-2/h7-13,15,22H,5-6,14H2,1-4H3,(H,27,31)(H,26,28,29). The number of allylic oxidation sites excluding steroid dienone is 1. The van der Waals surface area contributed by atoms with Crippen molar-refractivity contribution >= 4 is 29.3 Å². The first-order valence-corrected chi connectivity index (χ1v) is 12.3. The number of para-hydroxylation sites is 2. The molecule has 0 aliphatic carbocycles. The second-order valence-corrected chi connectivity index (χ2v) is 8.80. The van der Waals surface area contributed by atoms with Gasteiger partial charge in [-0.15, -0.1) is 5.10 Å². The Morgan fingerprint density at radius 3 is 2.79 bits per heavy atom. The summed E-state index contributed by atoms with van der Waals surface area (Å²) in [6, 6.07) is 14.6. The number of carbonyl (C=O) groups excluding carboxylic acids is 1. The van der Waals surface area contributed by atoms with Crippen LogP contribution >= 0.6 is 11.8 Å². The average Bonchev–Trinajstić information content (AvgIpc) is 3.24. The van der Waals surface area contributed by atoms with Crippen LogP contribution in [-0.4, -0.2) is 40.1 Å². The van der Waals surface area contributed by atoms with Crippen LogP contribution in [0.2, 0.25) is 0 Å². The fraction of sp³-hybridized carbons (Fsp3) is 0.320. The van der Waals surface area contributed by atoms with E-state index in [9.17, 15) is 4.79 Å². The zero-order valence-electron chi connectivity index (χ0n) is 19.8. The topological polar surface area (TPSA) is 90.3 Å². The number of hydrogen-bond acceptors (Lipinski definition) is 7. The molecule has 0 saturated heterocycles. The molecule has 34 heavy (non-hydrogen) atoms. The van der Waals surface area contributed by atoms with Crippen molar-refractivity contribution in [1.29, 1.82) is 0 Å². The quantitative estimate of drug-likeness (QED) is 0.412. The Morgan fingerprint density at radius 1 is 1.21 bits per heavy atom. The summed E-state index contributed by atoms with van der Waals surface area (Å²) in [4.78, 5) is 18.3. The van der Waals surface area contributed by atoms with Gasteiger partial charge in [-0.05, 0) is 50.1 Å². The average molecular weight is 480 g/mol. The number of benzene rings is 2. The Morgan fingerprint density at radius 2 is 2.03 bits per heavy atom. The van der Waals surface area contributed by atoms with Gasteiger partial charge in [-0.2, -0.15) is 4.98 Å². The highest BCUT2D eigenvalue weighted by molar-refractivity contribution is 7.99. The van der Waals surface area contributed by atoms with Gasteiger partial charge in [-0.3, -0.25) is 4.79 Å². The molecular weight excluding hydrogens is 450 g/mol. The SMILES string of the molecule is CCCSc1nc2n(n1)C(c1cccc(OCC)c1)C(C(=O)Nc1ccccc1OC)=C(C)N2. The fourth-order valence-electron chi connectivity index (χ4n) is 3.87. The maximum absolute atomic E-state index is 13.7. The number of fused-ring (bicyclic) bond motifs is 1. The Balaban J connectivity index is 1.77. The number of nitrogens with zero attached hydrogens (tertiary/aromatic N) is 3. The van der Waals surface area contributed by atoms with Crippen molar-refractivity contribution in [2.75, 3.05) is 30.1 Å². The normalized spacial score (nSPS) is 14.9. The molecule has 9 heteroatoms. The van der Waals surface area contributed by atoms with E-state index in [0.717, 1.165) is 23.5 Å². The van der Waals surface area contributed by atoms with Gasteiger partial charge in [0.15, 0.2) is 0 Å². The number of amides is 1. The molecule has 0 fully saturated rings. The first-order chi connectivity index (χ1) is 16.5. The number of methoxy groups -OCH3 is 1. The molecular formula is C25H29N5O3S. The van der Waals surface area contributed by atoms with E-state index in [0.29, 0.717) is 40.4 Å². The van der Waals surface area contributed by atoms with Crippen molar-refractivity contribution in [1.82, 2.24) is 14.8 Å². The van der Waals surface area contributed by atoms with E-state index in [4.69, 9.17) is 14.6 Å². The Labute approximate surface area is 203 Å². The molecule has 1 aliphatic rings. The number of rotatable bonds is 9. The number of hydrogen-bond donors (Lipinski definition) is 2. The summed E-state index contributed by atoms with van der Waals surface area (Å²) >= 11 is 1.60. The molecule has 178 valence electrons. The minimum absolute atomic E-state index is 0.245. The van der Waals surface area contributed by atoms with Crippen molar-refractivity contribution in [3.05, 3.63) is 65.4 Å². The molecule has 3 aromatic rings. The molecule has 2 aromatic carbocycles.